The number of fused-ring (bicyclic) bond motifs is 2. The lowest BCUT2D eigenvalue weighted by Gasteiger charge is -2.31. The van der Waals surface area contributed by atoms with Gasteiger partial charge in [-0.1, -0.05) is 18.1 Å². The molecule has 36 heavy (non-hydrogen) atoms. The highest BCUT2D eigenvalue weighted by Crippen LogP contribution is 2.23. The molecule has 0 spiro atoms. The van der Waals surface area contributed by atoms with Crippen LogP contribution in [0.4, 0.5) is 5.95 Å². The van der Waals surface area contributed by atoms with E-state index in [2.05, 4.69) is 16.8 Å². The zero-order chi connectivity index (χ0) is 25.6. The SMILES string of the molecule is CC#CCn1c(N2CCCC(N)C2)nc2c1c(=O)n(Cc1nc3ccccc3c(C)[n+]1[O-])c(=O)n2C. The highest BCUT2D eigenvalue weighted by atomic mass is 16.5. The number of para-hydroxylation sites is 1. The van der Waals surface area contributed by atoms with Crippen molar-refractivity contribution in [3.63, 3.8) is 0 Å². The fraction of sp³-hybridized carbons (Fsp3) is 0.400. The number of hydrogen-bond donors (Lipinski definition) is 1. The van der Waals surface area contributed by atoms with E-state index >= 15 is 0 Å². The van der Waals surface area contributed by atoms with Gasteiger partial charge in [-0.15, -0.1) is 5.92 Å². The second-order valence-electron chi connectivity index (χ2n) is 9.10. The lowest BCUT2D eigenvalue weighted by atomic mass is 10.1. The van der Waals surface area contributed by atoms with Crippen LogP contribution in [-0.2, 0) is 20.1 Å². The molecule has 2 N–H and O–H groups in total. The van der Waals surface area contributed by atoms with Crippen LogP contribution in [0, 0.1) is 24.0 Å². The van der Waals surface area contributed by atoms with Crippen LogP contribution in [0.5, 0.6) is 0 Å². The van der Waals surface area contributed by atoms with Gasteiger partial charge >= 0.3 is 11.5 Å². The Morgan fingerprint density at radius 1 is 1.22 bits per heavy atom. The third kappa shape index (κ3) is 3.79. The Kier molecular flexibility index (Phi) is 5.97. The average Bonchev–Trinajstić information content (AvgIpc) is 3.26. The zero-order valence-electron chi connectivity index (χ0n) is 20.6. The molecule has 0 amide bonds. The Morgan fingerprint density at radius 3 is 2.75 bits per heavy atom. The van der Waals surface area contributed by atoms with Crippen molar-refractivity contribution in [2.75, 3.05) is 18.0 Å². The molecule has 1 saturated heterocycles. The number of piperidine rings is 1. The van der Waals surface area contributed by atoms with E-state index in [1.807, 2.05) is 23.1 Å². The van der Waals surface area contributed by atoms with Crippen molar-refractivity contribution in [1.82, 2.24) is 23.7 Å². The van der Waals surface area contributed by atoms with Crippen LogP contribution in [0.3, 0.4) is 0 Å². The van der Waals surface area contributed by atoms with Gasteiger partial charge in [-0.05, 0) is 43.8 Å². The van der Waals surface area contributed by atoms with Gasteiger partial charge in [0.15, 0.2) is 16.7 Å². The number of rotatable bonds is 4. The van der Waals surface area contributed by atoms with Crippen LogP contribution in [0.25, 0.3) is 22.1 Å². The maximum atomic E-state index is 13.8. The summed E-state index contributed by atoms with van der Waals surface area (Å²) in [5.41, 5.74) is 6.68. The molecule has 1 fully saturated rings. The Balaban J connectivity index is 1.71. The summed E-state index contributed by atoms with van der Waals surface area (Å²) in [4.78, 5) is 38.3. The topological polar surface area (TPSA) is 131 Å². The first-order valence-corrected chi connectivity index (χ1v) is 11.9. The van der Waals surface area contributed by atoms with Crippen molar-refractivity contribution in [3.05, 3.63) is 61.8 Å². The second-order valence-corrected chi connectivity index (χ2v) is 9.10. The molecule has 5 rings (SSSR count). The molecule has 4 aromatic rings. The molecule has 3 aromatic heterocycles. The van der Waals surface area contributed by atoms with Gasteiger partial charge in [0, 0.05) is 26.2 Å². The molecule has 1 aliphatic heterocycles. The van der Waals surface area contributed by atoms with Crippen LogP contribution < -0.4 is 26.6 Å². The molecule has 0 bridgehead atoms. The summed E-state index contributed by atoms with van der Waals surface area (Å²) in [5.74, 6) is 6.50. The van der Waals surface area contributed by atoms with Gasteiger partial charge in [0.1, 0.15) is 12.2 Å². The smallest absolute Gasteiger partial charge is 0.333 e. The van der Waals surface area contributed by atoms with Crippen LogP contribution in [-0.4, -0.2) is 42.8 Å². The quantitative estimate of drug-likeness (QED) is 0.250. The first-order valence-electron chi connectivity index (χ1n) is 11.9. The lowest BCUT2D eigenvalue weighted by Crippen LogP contribution is -2.45. The second kappa shape index (κ2) is 9.13. The largest absolute Gasteiger partial charge is 0.710 e. The number of hydrogen-bond acceptors (Lipinski definition) is 7. The fourth-order valence-electron chi connectivity index (χ4n) is 4.85. The van der Waals surface area contributed by atoms with Gasteiger partial charge in [0.25, 0.3) is 5.56 Å². The van der Waals surface area contributed by atoms with Gasteiger partial charge in [0.05, 0.1) is 11.9 Å². The van der Waals surface area contributed by atoms with E-state index in [4.69, 9.17) is 10.7 Å². The molecular weight excluding hydrogens is 460 g/mol. The van der Waals surface area contributed by atoms with Gasteiger partial charge in [-0.3, -0.25) is 13.9 Å². The summed E-state index contributed by atoms with van der Waals surface area (Å²) in [7, 11) is 1.57. The fourth-order valence-corrected chi connectivity index (χ4v) is 4.85. The minimum Gasteiger partial charge on any atom is -0.710 e. The predicted molar refractivity (Wildman–Crippen MR) is 137 cm³/mol. The Labute approximate surface area is 207 Å². The molecular formula is C25H28N8O3. The Morgan fingerprint density at radius 2 is 2.00 bits per heavy atom. The van der Waals surface area contributed by atoms with E-state index in [1.165, 1.54) is 4.57 Å². The zero-order valence-corrected chi connectivity index (χ0v) is 20.6. The van der Waals surface area contributed by atoms with Crippen molar-refractivity contribution in [3.8, 4) is 11.8 Å². The molecule has 4 heterocycles. The van der Waals surface area contributed by atoms with E-state index in [9.17, 15) is 14.8 Å². The van der Waals surface area contributed by atoms with E-state index < -0.39 is 11.2 Å². The number of nitrogens with zero attached hydrogens (tertiary/aromatic N) is 7. The maximum absolute atomic E-state index is 13.8. The van der Waals surface area contributed by atoms with Crippen molar-refractivity contribution in [2.24, 2.45) is 12.8 Å². The normalized spacial score (nSPS) is 15.9. The highest BCUT2D eigenvalue weighted by molar-refractivity contribution is 5.79. The van der Waals surface area contributed by atoms with Gasteiger partial charge < -0.3 is 15.8 Å². The Hall–Kier alpha value is -4.17. The van der Waals surface area contributed by atoms with Crippen molar-refractivity contribution in [2.45, 2.75) is 45.8 Å². The number of imidazole rings is 1. The number of nitrogens with two attached hydrogens (primary N) is 1. The summed E-state index contributed by atoms with van der Waals surface area (Å²) >= 11 is 0. The standard InChI is InChI=1S/C25H28N8O3/c1-4-5-13-31-21-22(28-24(31)30-12-8-9-17(26)14-30)29(3)25(35)32(23(21)34)15-20-27-19-11-7-6-10-18(19)16(2)33(20)36/h6-7,10-11,17H,8-9,12-15,26H2,1-3H3. The third-order valence-corrected chi connectivity index (χ3v) is 6.75. The molecule has 1 unspecified atom stereocenters. The number of anilines is 1. The summed E-state index contributed by atoms with van der Waals surface area (Å²) in [6.07, 6.45) is 1.83. The van der Waals surface area contributed by atoms with E-state index in [1.54, 1.807) is 31.5 Å². The number of aryl methyl sites for hydroxylation is 2. The van der Waals surface area contributed by atoms with Crippen molar-refractivity contribution in [1.29, 1.82) is 0 Å². The van der Waals surface area contributed by atoms with E-state index in [0.717, 1.165) is 24.0 Å². The first-order chi connectivity index (χ1) is 17.3. The summed E-state index contributed by atoms with van der Waals surface area (Å²) in [5, 5.41) is 13.7. The van der Waals surface area contributed by atoms with Crippen LogP contribution >= 0.6 is 0 Å². The van der Waals surface area contributed by atoms with Crippen LogP contribution in [0.2, 0.25) is 0 Å². The molecule has 186 valence electrons. The van der Waals surface area contributed by atoms with Gasteiger partial charge in [-0.2, -0.15) is 4.98 Å². The number of aromatic nitrogens is 6. The molecule has 0 saturated carbocycles. The highest BCUT2D eigenvalue weighted by Gasteiger charge is 2.27. The lowest BCUT2D eigenvalue weighted by molar-refractivity contribution is -0.623. The van der Waals surface area contributed by atoms with Gasteiger partial charge in [0.2, 0.25) is 5.95 Å². The predicted octanol–water partition coefficient (Wildman–Crippen LogP) is 0.386. The molecule has 1 aliphatic rings. The molecule has 1 aromatic carbocycles. The monoisotopic (exact) mass is 488 g/mol. The average molecular weight is 489 g/mol. The molecule has 11 heteroatoms. The minimum absolute atomic E-state index is 0.000494. The number of benzene rings is 1. The van der Waals surface area contributed by atoms with Crippen LogP contribution in [0.15, 0.2) is 33.9 Å². The Bertz CT molecular complexity index is 1670. The first kappa shape index (κ1) is 23.6. The molecule has 0 radical (unpaired) electrons. The van der Waals surface area contributed by atoms with Gasteiger partial charge in [-0.25, -0.2) is 14.1 Å². The summed E-state index contributed by atoms with van der Waals surface area (Å²) in [6, 6.07) is 7.27. The third-order valence-electron chi connectivity index (χ3n) is 6.75. The summed E-state index contributed by atoms with van der Waals surface area (Å²) in [6.45, 7) is 4.72. The maximum Gasteiger partial charge on any atom is 0.333 e. The van der Waals surface area contributed by atoms with Crippen molar-refractivity contribution >= 4 is 28.0 Å². The summed E-state index contributed by atoms with van der Waals surface area (Å²) < 4.78 is 4.80. The molecule has 11 nitrogen and oxygen atoms in total. The van der Waals surface area contributed by atoms with Crippen LogP contribution in [0.1, 0.15) is 31.3 Å². The molecule has 1 atom stereocenters. The van der Waals surface area contributed by atoms with Crippen molar-refractivity contribution < 1.29 is 4.73 Å². The minimum atomic E-state index is -0.576. The molecule has 0 aliphatic carbocycles. The van der Waals surface area contributed by atoms with E-state index in [-0.39, 0.29) is 36.1 Å². The van der Waals surface area contributed by atoms with E-state index in [0.29, 0.717) is 33.8 Å².